The second-order valence-electron chi connectivity index (χ2n) is 4.41. The summed E-state index contributed by atoms with van der Waals surface area (Å²) >= 11 is 0. The number of hydrogen-bond acceptors (Lipinski definition) is 4. The summed E-state index contributed by atoms with van der Waals surface area (Å²) in [6.45, 7) is 3.06. The van der Waals surface area contributed by atoms with Gasteiger partial charge in [-0.05, 0) is 12.8 Å². The molecule has 6 heteroatoms. The molecule has 2 rings (SSSR count). The third kappa shape index (κ3) is 2.76. The van der Waals surface area contributed by atoms with Crippen molar-refractivity contribution in [1.82, 2.24) is 9.80 Å². The fourth-order valence-corrected chi connectivity index (χ4v) is 2.28. The SMILES string of the molecule is NCC(=O)N1CCN(C(=O)[C@@H]2CCCO2)CC1. The van der Waals surface area contributed by atoms with Crippen molar-refractivity contribution in [2.75, 3.05) is 39.3 Å². The summed E-state index contributed by atoms with van der Waals surface area (Å²) in [5, 5.41) is 0. The van der Waals surface area contributed by atoms with E-state index in [1.54, 1.807) is 9.80 Å². The van der Waals surface area contributed by atoms with E-state index in [0.29, 0.717) is 32.8 Å². The van der Waals surface area contributed by atoms with Crippen LogP contribution in [0, 0.1) is 0 Å². The Bertz CT molecular complexity index is 294. The number of nitrogens with two attached hydrogens (primary N) is 1. The molecular formula is C11H19N3O3. The molecule has 6 nitrogen and oxygen atoms in total. The molecule has 2 heterocycles. The molecule has 2 amide bonds. The van der Waals surface area contributed by atoms with Gasteiger partial charge in [0.2, 0.25) is 5.91 Å². The number of carbonyl (C=O) groups is 2. The second-order valence-corrected chi connectivity index (χ2v) is 4.41. The summed E-state index contributed by atoms with van der Waals surface area (Å²) in [6, 6.07) is 0. The minimum Gasteiger partial charge on any atom is -0.368 e. The molecular weight excluding hydrogens is 222 g/mol. The molecule has 0 aromatic rings. The lowest BCUT2D eigenvalue weighted by atomic mass is 10.2. The van der Waals surface area contributed by atoms with Crippen molar-refractivity contribution >= 4 is 11.8 Å². The van der Waals surface area contributed by atoms with Gasteiger partial charge in [-0.2, -0.15) is 0 Å². The highest BCUT2D eigenvalue weighted by Gasteiger charge is 2.30. The highest BCUT2D eigenvalue weighted by Crippen LogP contribution is 2.15. The summed E-state index contributed by atoms with van der Waals surface area (Å²) in [7, 11) is 0. The maximum Gasteiger partial charge on any atom is 0.251 e. The molecule has 0 aromatic heterocycles. The zero-order valence-corrected chi connectivity index (χ0v) is 9.93. The molecule has 0 radical (unpaired) electrons. The summed E-state index contributed by atoms with van der Waals surface area (Å²) in [5.74, 6) is 0.0246. The number of amides is 2. The van der Waals surface area contributed by atoms with Crippen LogP contribution >= 0.6 is 0 Å². The van der Waals surface area contributed by atoms with Gasteiger partial charge in [-0.1, -0.05) is 0 Å². The van der Waals surface area contributed by atoms with E-state index in [1.807, 2.05) is 0 Å². The molecule has 0 bridgehead atoms. The Morgan fingerprint density at radius 1 is 1.18 bits per heavy atom. The van der Waals surface area contributed by atoms with Gasteiger partial charge in [0.15, 0.2) is 0 Å². The first-order valence-electron chi connectivity index (χ1n) is 6.10. The van der Waals surface area contributed by atoms with Crippen LogP contribution in [0.15, 0.2) is 0 Å². The van der Waals surface area contributed by atoms with Crippen LogP contribution in [-0.4, -0.2) is 67.0 Å². The van der Waals surface area contributed by atoms with Gasteiger partial charge in [0.05, 0.1) is 6.54 Å². The summed E-state index contributed by atoms with van der Waals surface area (Å²) in [5.41, 5.74) is 5.31. The predicted molar refractivity (Wildman–Crippen MR) is 61.2 cm³/mol. The Morgan fingerprint density at radius 3 is 2.35 bits per heavy atom. The third-order valence-electron chi connectivity index (χ3n) is 3.32. The number of ether oxygens (including phenoxy) is 1. The van der Waals surface area contributed by atoms with Crippen LogP contribution in [0.1, 0.15) is 12.8 Å². The van der Waals surface area contributed by atoms with Crippen LogP contribution in [0.2, 0.25) is 0 Å². The molecule has 2 aliphatic rings. The standard InChI is InChI=1S/C11H19N3O3/c12-8-10(15)13-3-5-14(6-4-13)11(16)9-2-1-7-17-9/h9H,1-8,12H2/t9-/m0/s1. The van der Waals surface area contributed by atoms with Gasteiger partial charge >= 0.3 is 0 Å². The van der Waals surface area contributed by atoms with Crippen molar-refractivity contribution < 1.29 is 14.3 Å². The molecule has 0 spiro atoms. The van der Waals surface area contributed by atoms with E-state index < -0.39 is 0 Å². The van der Waals surface area contributed by atoms with Crippen molar-refractivity contribution in [3.8, 4) is 0 Å². The number of piperazine rings is 1. The monoisotopic (exact) mass is 241 g/mol. The van der Waals surface area contributed by atoms with E-state index in [-0.39, 0.29) is 24.5 Å². The molecule has 0 unspecified atom stereocenters. The van der Waals surface area contributed by atoms with Gasteiger partial charge in [-0.15, -0.1) is 0 Å². The van der Waals surface area contributed by atoms with Gasteiger partial charge in [-0.25, -0.2) is 0 Å². The van der Waals surface area contributed by atoms with Gasteiger partial charge in [0, 0.05) is 32.8 Å². The average molecular weight is 241 g/mol. The zero-order chi connectivity index (χ0) is 12.3. The number of carbonyl (C=O) groups excluding carboxylic acids is 2. The molecule has 2 N–H and O–H groups in total. The van der Waals surface area contributed by atoms with Crippen LogP contribution < -0.4 is 5.73 Å². The van der Waals surface area contributed by atoms with E-state index in [2.05, 4.69) is 0 Å². The summed E-state index contributed by atoms with van der Waals surface area (Å²) in [6.07, 6.45) is 1.52. The van der Waals surface area contributed by atoms with Crippen molar-refractivity contribution in [3.63, 3.8) is 0 Å². The molecule has 17 heavy (non-hydrogen) atoms. The minimum atomic E-state index is -0.258. The van der Waals surface area contributed by atoms with Crippen LogP contribution in [0.3, 0.4) is 0 Å². The van der Waals surface area contributed by atoms with Crippen molar-refractivity contribution in [2.45, 2.75) is 18.9 Å². The first-order valence-corrected chi connectivity index (χ1v) is 6.10. The number of hydrogen-bond donors (Lipinski definition) is 1. The maximum absolute atomic E-state index is 12.0. The van der Waals surface area contributed by atoms with Crippen molar-refractivity contribution in [1.29, 1.82) is 0 Å². The average Bonchev–Trinajstić information content (AvgIpc) is 2.91. The number of rotatable bonds is 2. The van der Waals surface area contributed by atoms with Crippen molar-refractivity contribution in [3.05, 3.63) is 0 Å². The Kier molecular flexibility index (Phi) is 3.96. The highest BCUT2D eigenvalue weighted by molar-refractivity contribution is 5.82. The molecule has 2 fully saturated rings. The first kappa shape index (κ1) is 12.3. The van der Waals surface area contributed by atoms with E-state index in [0.717, 1.165) is 12.8 Å². The Hall–Kier alpha value is -1.14. The zero-order valence-electron chi connectivity index (χ0n) is 9.93. The molecule has 0 aliphatic carbocycles. The van der Waals surface area contributed by atoms with Crippen LogP contribution in [0.5, 0.6) is 0 Å². The summed E-state index contributed by atoms with van der Waals surface area (Å²) in [4.78, 5) is 26.9. The van der Waals surface area contributed by atoms with Gasteiger partial charge < -0.3 is 20.3 Å². The molecule has 0 aromatic carbocycles. The van der Waals surface area contributed by atoms with Crippen LogP contribution in [-0.2, 0) is 14.3 Å². The van der Waals surface area contributed by atoms with E-state index in [4.69, 9.17) is 10.5 Å². The fourth-order valence-electron chi connectivity index (χ4n) is 2.28. The Labute approximate surface area is 101 Å². The topological polar surface area (TPSA) is 75.9 Å². The highest BCUT2D eigenvalue weighted by atomic mass is 16.5. The largest absolute Gasteiger partial charge is 0.368 e. The fraction of sp³-hybridized carbons (Fsp3) is 0.818. The van der Waals surface area contributed by atoms with Crippen LogP contribution in [0.25, 0.3) is 0 Å². The summed E-state index contributed by atoms with van der Waals surface area (Å²) < 4.78 is 5.37. The lowest BCUT2D eigenvalue weighted by Gasteiger charge is -2.35. The van der Waals surface area contributed by atoms with Gasteiger partial charge in [0.1, 0.15) is 6.10 Å². The smallest absolute Gasteiger partial charge is 0.251 e. The molecule has 2 saturated heterocycles. The maximum atomic E-state index is 12.0. The predicted octanol–water partition coefficient (Wildman–Crippen LogP) is -1.21. The van der Waals surface area contributed by atoms with E-state index in [1.165, 1.54) is 0 Å². The van der Waals surface area contributed by atoms with Crippen LogP contribution in [0.4, 0.5) is 0 Å². The Morgan fingerprint density at radius 2 is 1.82 bits per heavy atom. The van der Waals surface area contributed by atoms with Gasteiger partial charge in [-0.3, -0.25) is 9.59 Å². The third-order valence-corrected chi connectivity index (χ3v) is 3.32. The van der Waals surface area contributed by atoms with Gasteiger partial charge in [0.25, 0.3) is 5.91 Å². The quantitative estimate of drug-likeness (QED) is 0.658. The molecule has 0 saturated carbocycles. The lowest BCUT2D eigenvalue weighted by Crippen LogP contribution is -2.53. The first-order chi connectivity index (χ1) is 8.22. The second kappa shape index (κ2) is 5.46. The van der Waals surface area contributed by atoms with E-state index in [9.17, 15) is 9.59 Å². The lowest BCUT2D eigenvalue weighted by molar-refractivity contribution is -0.145. The molecule has 1 atom stereocenters. The normalized spacial score (nSPS) is 25.1. The van der Waals surface area contributed by atoms with E-state index >= 15 is 0 Å². The number of nitrogens with zero attached hydrogens (tertiary/aromatic N) is 2. The molecule has 96 valence electrons. The minimum absolute atomic E-state index is 0.0414. The Balaban J connectivity index is 1.82. The van der Waals surface area contributed by atoms with Crippen molar-refractivity contribution in [2.24, 2.45) is 5.73 Å². The molecule has 2 aliphatic heterocycles.